The van der Waals surface area contributed by atoms with Gasteiger partial charge in [0.15, 0.2) is 0 Å². The molecule has 0 radical (unpaired) electrons. The predicted molar refractivity (Wildman–Crippen MR) is 65.2 cm³/mol. The van der Waals surface area contributed by atoms with E-state index in [4.69, 9.17) is 4.74 Å². The van der Waals surface area contributed by atoms with Crippen molar-refractivity contribution in [3.8, 4) is 0 Å². The lowest BCUT2D eigenvalue weighted by Gasteiger charge is -2.22. The van der Waals surface area contributed by atoms with Crippen LogP contribution in [0, 0.1) is 11.8 Å². The van der Waals surface area contributed by atoms with E-state index in [0.29, 0.717) is 24.9 Å². The van der Waals surface area contributed by atoms with E-state index in [2.05, 4.69) is 19.2 Å². The zero-order valence-electron chi connectivity index (χ0n) is 10.6. The van der Waals surface area contributed by atoms with Gasteiger partial charge in [0.25, 0.3) is 0 Å². The Bertz CT molecular complexity index is 198. The fraction of sp³-hybridized carbons (Fsp3) is 0.923. The van der Waals surface area contributed by atoms with Crippen LogP contribution in [0.1, 0.15) is 46.0 Å². The molecule has 94 valence electrons. The van der Waals surface area contributed by atoms with Gasteiger partial charge in [0.1, 0.15) is 0 Å². The fourth-order valence-corrected chi connectivity index (χ4v) is 1.97. The molecule has 1 fully saturated rings. The van der Waals surface area contributed by atoms with Gasteiger partial charge in [0.2, 0.25) is 0 Å². The van der Waals surface area contributed by atoms with Crippen LogP contribution in [0.4, 0.5) is 0 Å². The number of piperidine rings is 1. The third-order valence-corrected chi connectivity index (χ3v) is 3.11. The molecule has 0 saturated carbocycles. The van der Waals surface area contributed by atoms with Crippen LogP contribution < -0.4 is 5.32 Å². The molecule has 0 amide bonds. The Balaban J connectivity index is 2.00. The first-order valence-electron chi connectivity index (χ1n) is 6.55. The van der Waals surface area contributed by atoms with Gasteiger partial charge in [-0.15, -0.1) is 0 Å². The number of nitrogens with one attached hydrogen (secondary N) is 1. The highest BCUT2D eigenvalue weighted by molar-refractivity contribution is 5.69. The maximum absolute atomic E-state index is 11.4. The number of carbonyl (C=O) groups excluding carboxylic acids is 1. The zero-order chi connectivity index (χ0) is 11.8. The molecule has 1 aliphatic heterocycles. The summed E-state index contributed by atoms with van der Waals surface area (Å²) in [5.74, 6) is 1.26. The molecule has 1 saturated heterocycles. The van der Waals surface area contributed by atoms with E-state index in [1.807, 2.05) is 0 Å². The topological polar surface area (TPSA) is 38.3 Å². The molecule has 16 heavy (non-hydrogen) atoms. The number of ether oxygens (including phenoxy) is 1. The molecule has 3 nitrogen and oxygen atoms in total. The molecule has 0 aromatic rings. The summed E-state index contributed by atoms with van der Waals surface area (Å²) in [6, 6.07) is 0. The molecule has 1 atom stereocenters. The normalized spacial score (nSPS) is 21.1. The van der Waals surface area contributed by atoms with Gasteiger partial charge in [-0.3, -0.25) is 4.79 Å². The lowest BCUT2D eigenvalue weighted by Crippen LogP contribution is -2.30. The molecule has 3 heteroatoms. The SMILES string of the molecule is CC(C)CCOC(=O)CCC1CCCNC1. The van der Waals surface area contributed by atoms with Crippen LogP contribution >= 0.6 is 0 Å². The van der Waals surface area contributed by atoms with E-state index >= 15 is 0 Å². The molecular weight excluding hydrogens is 202 g/mol. The van der Waals surface area contributed by atoms with Gasteiger partial charge in [-0.2, -0.15) is 0 Å². The van der Waals surface area contributed by atoms with Crippen molar-refractivity contribution in [2.45, 2.75) is 46.0 Å². The monoisotopic (exact) mass is 227 g/mol. The van der Waals surface area contributed by atoms with Crippen molar-refractivity contribution in [3.05, 3.63) is 0 Å². The largest absolute Gasteiger partial charge is 0.466 e. The number of carbonyl (C=O) groups is 1. The summed E-state index contributed by atoms with van der Waals surface area (Å²) in [6.45, 7) is 7.07. The van der Waals surface area contributed by atoms with E-state index in [1.54, 1.807) is 0 Å². The van der Waals surface area contributed by atoms with Crippen LogP contribution in [0.25, 0.3) is 0 Å². The summed E-state index contributed by atoms with van der Waals surface area (Å²) >= 11 is 0. The summed E-state index contributed by atoms with van der Waals surface area (Å²) in [7, 11) is 0. The molecule has 1 rings (SSSR count). The third-order valence-electron chi connectivity index (χ3n) is 3.11. The van der Waals surface area contributed by atoms with Gasteiger partial charge in [-0.05, 0) is 50.6 Å². The second-order valence-electron chi connectivity index (χ2n) is 5.15. The minimum absolute atomic E-state index is 0.0220. The quantitative estimate of drug-likeness (QED) is 0.708. The molecule has 0 bridgehead atoms. The average molecular weight is 227 g/mol. The Morgan fingerprint density at radius 2 is 2.31 bits per heavy atom. The molecule has 0 spiro atoms. The standard InChI is InChI=1S/C13H25NO2/c1-11(2)7-9-16-13(15)6-5-12-4-3-8-14-10-12/h11-12,14H,3-10H2,1-2H3. The van der Waals surface area contributed by atoms with Gasteiger partial charge >= 0.3 is 5.97 Å². The predicted octanol–water partition coefficient (Wildman–Crippen LogP) is 2.36. The minimum atomic E-state index is -0.0220. The van der Waals surface area contributed by atoms with Crippen molar-refractivity contribution in [2.75, 3.05) is 19.7 Å². The van der Waals surface area contributed by atoms with E-state index in [9.17, 15) is 4.79 Å². The number of hydrogen-bond donors (Lipinski definition) is 1. The van der Waals surface area contributed by atoms with Crippen molar-refractivity contribution < 1.29 is 9.53 Å². The maximum Gasteiger partial charge on any atom is 0.305 e. The Hall–Kier alpha value is -0.570. The van der Waals surface area contributed by atoms with Crippen LogP contribution in [-0.2, 0) is 9.53 Å². The summed E-state index contributed by atoms with van der Waals surface area (Å²) in [6.07, 6.45) is 5.04. The summed E-state index contributed by atoms with van der Waals surface area (Å²) < 4.78 is 5.18. The highest BCUT2D eigenvalue weighted by Crippen LogP contribution is 2.16. The van der Waals surface area contributed by atoms with E-state index < -0.39 is 0 Å². The lowest BCUT2D eigenvalue weighted by molar-refractivity contribution is -0.144. The molecular formula is C13H25NO2. The van der Waals surface area contributed by atoms with Crippen LogP contribution in [0.15, 0.2) is 0 Å². The zero-order valence-corrected chi connectivity index (χ0v) is 10.6. The molecule has 0 aromatic carbocycles. The van der Waals surface area contributed by atoms with Crippen molar-refractivity contribution in [3.63, 3.8) is 0 Å². The Labute approximate surface area is 98.9 Å². The number of rotatable bonds is 6. The smallest absolute Gasteiger partial charge is 0.305 e. The van der Waals surface area contributed by atoms with Crippen LogP contribution in [0.5, 0.6) is 0 Å². The second-order valence-corrected chi connectivity index (χ2v) is 5.15. The lowest BCUT2D eigenvalue weighted by atomic mass is 9.95. The van der Waals surface area contributed by atoms with Gasteiger partial charge in [-0.25, -0.2) is 0 Å². The first-order valence-corrected chi connectivity index (χ1v) is 6.55. The van der Waals surface area contributed by atoms with Crippen molar-refractivity contribution in [2.24, 2.45) is 11.8 Å². The highest BCUT2D eigenvalue weighted by atomic mass is 16.5. The maximum atomic E-state index is 11.4. The third kappa shape index (κ3) is 6.11. The van der Waals surface area contributed by atoms with Gasteiger partial charge in [0, 0.05) is 6.42 Å². The Morgan fingerprint density at radius 3 is 2.94 bits per heavy atom. The molecule has 1 N–H and O–H groups in total. The molecule has 1 heterocycles. The van der Waals surface area contributed by atoms with E-state index in [1.165, 1.54) is 12.8 Å². The number of esters is 1. The molecule has 0 aromatic heterocycles. The van der Waals surface area contributed by atoms with E-state index in [0.717, 1.165) is 25.9 Å². The van der Waals surface area contributed by atoms with Gasteiger partial charge < -0.3 is 10.1 Å². The van der Waals surface area contributed by atoms with E-state index in [-0.39, 0.29) is 5.97 Å². The molecule has 1 unspecified atom stereocenters. The van der Waals surface area contributed by atoms with Crippen molar-refractivity contribution >= 4 is 5.97 Å². The Morgan fingerprint density at radius 1 is 1.50 bits per heavy atom. The second kappa shape index (κ2) is 7.66. The average Bonchev–Trinajstić information content (AvgIpc) is 2.27. The first-order chi connectivity index (χ1) is 7.68. The van der Waals surface area contributed by atoms with Crippen molar-refractivity contribution in [1.29, 1.82) is 0 Å². The van der Waals surface area contributed by atoms with Crippen molar-refractivity contribution in [1.82, 2.24) is 5.32 Å². The van der Waals surface area contributed by atoms with Gasteiger partial charge in [-0.1, -0.05) is 13.8 Å². The van der Waals surface area contributed by atoms with Gasteiger partial charge in [0.05, 0.1) is 6.61 Å². The molecule has 1 aliphatic rings. The first kappa shape index (κ1) is 13.5. The molecule has 0 aliphatic carbocycles. The minimum Gasteiger partial charge on any atom is -0.466 e. The Kier molecular flexibility index (Phi) is 6.46. The van der Waals surface area contributed by atoms with Crippen LogP contribution in [-0.4, -0.2) is 25.7 Å². The number of hydrogen-bond acceptors (Lipinski definition) is 3. The summed E-state index contributed by atoms with van der Waals surface area (Å²) in [5.41, 5.74) is 0. The fourth-order valence-electron chi connectivity index (χ4n) is 1.97. The summed E-state index contributed by atoms with van der Waals surface area (Å²) in [4.78, 5) is 11.4. The van der Waals surface area contributed by atoms with Crippen LogP contribution in [0.2, 0.25) is 0 Å². The highest BCUT2D eigenvalue weighted by Gasteiger charge is 2.14. The van der Waals surface area contributed by atoms with Crippen LogP contribution in [0.3, 0.4) is 0 Å². The summed E-state index contributed by atoms with van der Waals surface area (Å²) in [5, 5.41) is 3.36.